The van der Waals surface area contributed by atoms with Crippen molar-refractivity contribution in [2.45, 2.75) is 25.8 Å². The Kier molecular flexibility index (Phi) is 3.31. The van der Waals surface area contributed by atoms with E-state index in [4.69, 9.17) is 0 Å². The molecule has 0 atom stereocenters. The van der Waals surface area contributed by atoms with Gasteiger partial charge in [-0.05, 0) is 64.5 Å². The van der Waals surface area contributed by atoms with Crippen molar-refractivity contribution >= 4 is 21.6 Å². The molecule has 0 saturated carbocycles. The van der Waals surface area contributed by atoms with Crippen molar-refractivity contribution in [1.82, 2.24) is 0 Å². The number of rotatable bonds is 2. The summed E-state index contributed by atoms with van der Waals surface area (Å²) in [5, 5.41) is 3.53. The van der Waals surface area contributed by atoms with Gasteiger partial charge in [-0.3, -0.25) is 0 Å². The third-order valence-electron chi connectivity index (χ3n) is 3.68. The highest BCUT2D eigenvalue weighted by atomic mass is 79.9. The Bertz CT molecular complexity index is 599. The number of aryl methyl sites for hydroxylation is 1. The largest absolute Gasteiger partial charge is 0.381 e. The van der Waals surface area contributed by atoms with E-state index in [1.807, 2.05) is 13.0 Å². The van der Waals surface area contributed by atoms with Crippen molar-refractivity contribution in [3.05, 3.63) is 63.4 Å². The maximum atomic E-state index is 13.4. The minimum atomic E-state index is -0.210. The molecule has 0 aliphatic heterocycles. The third kappa shape index (κ3) is 2.52. The van der Waals surface area contributed by atoms with Crippen LogP contribution in [0.1, 0.15) is 16.7 Å². The van der Waals surface area contributed by atoms with Crippen LogP contribution in [0.25, 0.3) is 0 Å². The molecular weight excluding hydrogens is 305 g/mol. The van der Waals surface area contributed by atoms with Crippen LogP contribution in [0.15, 0.2) is 40.9 Å². The Morgan fingerprint density at radius 2 is 1.79 bits per heavy atom. The second-order valence-electron chi connectivity index (χ2n) is 5.10. The van der Waals surface area contributed by atoms with Crippen molar-refractivity contribution in [2.24, 2.45) is 0 Å². The quantitative estimate of drug-likeness (QED) is 0.860. The summed E-state index contributed by atoms with van der Waals surface area (Å²) in [6, 6.07) is 12.3. The lowest BCUT2D eigenvalue weighted by molar-refractivity contribution is 0.620. The molecule has 0 aromatic heterocycles. The molecule has 0 fully saturated rings. The zero-order valence-corrected chi connectivity index (χ0v) is 12.3. The highest BCUT2D eigenvalue weighted by Crippen LogP contribution is 2.28. The molecule has 2 aromatic rings. The predicted molar refractivity (Wildman–Crippen MR) is 80.1 cm³/mol. The molecule has 1 nitrogen and oxygen atoms in total. The molecule has 0 amide bonds. The van der Waals surface area contributed by atoms with E-state index in [1.165, 1.54) is 11.1 Å². The highest BCUT2D eigenvalue weighted by Gasteiger charge is 2.21. The molecule has 0 saturated heterocycles. The van der Waals surface area contributed by atoms with Crippen LogP contribution in [0, 0.1) is 12.7 Å². The molecule has 0 spiro atoms. The molecular formula is C16H15BrFN. The highest BCUT2D eigenvalue weighted by molar-refractivity contribution is 9.10. The number of anilines is 1. The van der Waals surface area contributed by atoms with Crippen LogP contribution in [-0.4, -0.2) is 6.04 Å². The van der Waals surface area contributed by atoms with Crippen molar-refractivity contribution < 1.29 is 4.39 Å². The monoisotopic (exact) mass is 319 g/mol. The van der Waals surface area contributed by atoms with Gasteiger partial charge >= 0.3 is 0 Å². The zero-order chi connectivity index (χ0) is 13.4. The summed E-state index contributed by atoms with van der Waals surface area (Å²) in [7, 11) is 0. The maximum Gasteiger partial charge on any atom is 0.137 e. The summed E-state index contributed by atoms with van der Waals surface area (Å²) in [5.74, 6) is -0.210. The zero-order valence-electron chi connectivity index (χ0n) is 10.7. The molecule has 0 bridgehead atoms. The van der Waals surface area contributed by atoms with Crippen molar-refractivity contribution in [3.8, 4) is 0 Å². The molecule has 19 heavy (non-hydrogen) atoms. The fourth-order valence-corrected chi connectivity index (χ4v) is 3.03. The Hall–Kier alpha value is -1.35. The number of hydrogen-bond donors (Lipinski definition) is 1. The van der Waals surface area contributed by atoms with Gasteiger partial charge in [0.25, 0.3) is 0 Å². The van der Waals surface area contributed by atoms with Gasteiger partial charge in [-0.25, -0.2) is 4.39 Å². The maximum absolute atomic E-state index is 13.4. The van der Waals surface area contributed by atoms with Gasteiger partial charge in [-0.1, -0.05) is 24.3 Å². The summed E-state index contributed by atoms with van der Waals surface area (Å²) >= 11 is 3.24. The minimum Gasteiger partial charge on any atom is -0.381 e. The first-order chi connectivity index (χ1) is 9.13. The van der Waals surface area contributed by atoms with Crippen LogP contribution < -0.4 is 5.32 Å². The lowest BCUT2D eigenvalue weighted by Crippen LogP contribution is -2.20. The van der Waals surface area contributed by atoms with E-state index in [-0.39, 0.29) is 5.82 Å². The topological polar surface area (TPSA) is 12.0 Å². The number of benzene rings is 2. The van der Waals surface area contributed by atoms with E-state index in [2.05, 4.69) is 45.5 Å². The predicted octanol–water partition coefficient (Wildman–Crippen LogP) is 4.48. The summed E-state index contributed by atoms with van der Waals surface area (Å²) in [5.41, 5.74) is 4.78. The van der Waals surface area contributed by atoms with E-state index in [0.29, 0.717) is 10.5 Å². The van der Waals surface area contributed by atoms with E-state index in [9.17, 15) is 4.39 Å². The second-order valence-corrected chi connectivity index (χ2v) is 5.95. The minimum absolute atomic E-state index is 0.210. The van der Waals surface area contributed by atoms with Crippen LogP contribution in [0.4, 0.5) is 10.1 Å². The first-order valence-corrected chi connectivity index (χ1v) is 7.22. The molecule has 1 aliphatic rings. The van der Waals surface area contributed by atoms with Gasteiger partial charge in [-0.15, -0.1) is 0 Å². The molecule has 2 aromatic carbocycles. The molecule has 1 aliphatic carbocycles. The SMILES string of the molecule is Cc1cc(F)c(Br)cc1NC1Cc2ccccc2C1. The fraction of sp³-hybridized carbons (Fsp3) is 0.250. The van der Waals surface area contributed by atoms with Gasteiger partial charge in [0, 0.05) is 11.7 Å². The molecule has 0 heterocycles. The van der Waals surface area contributed by atoms with Gasteiger partial charge in [0.05, 0.1) is 4.47 Å². The summed E-state index contributed by atoms with van der Waals surface area (Å²) in [6.07, 6.45) is 2.06. The van der Waals surface area contributed by atoms with Gasteiger partial charge in [0.1, 0.15) is 5.82 Å². The van der Waals surface area contributed by atoms with Crippen LogP contribution in [-0.2, 0) is 12.8 Å². The van der Waals surface area contributed by atoms with Crippen LogP contribution in [0.3, 0.4) is 0 Å². The molecule has 98 valence electrons. The number of nitrogens with one attached hydrogen (secondary N) is 1. The van der Waals surface area contributed by atoms with Crippen molar-refractivity contribution in [1.29, 1.82) is 0 Å². The van der Waals surface area contributed by atoms with E-state index in [0.717, 1.165) is 24.1 Å². The standard InChI is InChI=1S/C16H15BrFN/c1-10-6-15(18)14(17)9-16(10)19-13-7-11-4-2-3-5-12(11)8-13/h2-6,9,13,19H,7-8H2,1H3. The summed E-state index contributed by atoms with van der Waals surface area (Å²) in [6.45, 7) is 1.93. The molecule has 3 heteroatoms. The van der Waals surface area contributed by atoms with Gasteiger partial charge in [0.15, 0.2) is 0 Å². The number of fused-ring (bicyclic) bond motifs is 1. The van der Waals surface area contributed by atoms with E-state index >= 15 is 0 Å². The van der Waals surface area contributed by atoms with Crippen LogP contribution >= 0.6 is 15.9 Å². The molecule has 0 unspecified atom stereocenters. The Balaban J connectivity index is 1.79. The van der Waals surface area contributed by atoms with Gasteiger partial charge < -0.3 is 5.32 Å². The van der Waals surface area contributed by atoms with Crippen LogP contribution in [0.2, 0.25) is 0 Å². The lowest BCUT2D eigenvalue weighted by Gasteiger charge is -2.16. The summed E-state index contributed by atoms with van der Waals surface area (Å²) < 4.78 is 13.9. The molecule has 3 rings (SSSR count). The van der Waals surface area contributed by atoms with Gasteiger partial charge in [-0.2, -0.15) is 0 Å². The van der Waals surface area contributed by atoms with Crippen molar-refractivity contribution in [2.75, 3.05) is 5.32 Å². The lowest BCUT2D eigenvalue weighted by atomic mass is 10.1. The van der Waals surface area contributed by atoms with Crippen molar-refractivity contribution in [3.63, 3.8) is 0 Å². The smallest absolute Gasteiger partial charge is 0.137 e. The Morgan fingerprint density at radius 3 is 2.42 bits per heavy atom. The first-order valence-electron chi connectivity index (χ1n) is 6.42. The number of hydrogen-bond acceptors (Lipinski definition) is 1. The molecule has 0 radical (unpaired) electrons. The summed E-state index contributed by atoms with van der Waals surface area (Å²) in [4.78, 5) is 0. The third-order valence-corrected chi connectivity index (χ3v) is 4.29. The Labute approximate surface area is 121 Å². The average molecular weight is 320 g/mol. The fourth-order valence-electron chi connectivity index (χ4n) is 2.68. The van der Waals surface area contributed by atoms with Gasteiger partial charge in [0.2, 0.25) is 0 Å². The molecule has 1 N–H and O–H groups in total. The van der Waals surface area contributed by atoms with E-state index in [1.54, 1.807) is 6.07 Å². The van der Waals surface area contributed by atoms with Crippen LogP contribution in [0.5, 0.6) is 0 Å². The first kappa shape index (κ1) is 12.7. The normalized spacial score (nSPS) is 14.5. The van der Waals surface area contributed by atoms with E-state index < -0.39 is 0 Å². The second kappa shape index (κ2) is 4.97. The average Bonchev–Trinajstić information content (AvgIpc) is 2.78. The number of halogens is 2. The Morgan fingerprint density at radius 1 is 1.16 bits per heavy atom.